The van der Waals surface area contributed by atoms with Crippen LogP contribution in [0.3, 0.4) is 0 Å². The molecule has 0 spiro atoms. The average molecular weight is 309 g/mol. The van der Waals surface area contributed by atoms with Gasteiger partial charge in [-0.25, -0.2) is 0 Å². The lowest BCUT2D eigenvalue weighted by Gasteiger charge is -2.05. The third kappa shape index (κ3) is 3.65. The zero-order valence-electron chi connectivity index (χ0n) is 10.6. The number of nitrogens with zero attached hydrogens (tertiary/aromatic N) is 1. The highest BCUT2D eigenvalue weighted by Gasteiger charge is 2.11. The molecule has 0 aliphatic rings. The second kappa shape index (κ2) is 6.63. The lowest BCUT2D eigenvalue weighted by molar-refractivity contribution is -0.383. The largest absolute Gasteiger partial charge is 0.393 e. The van der Waals surface area contributed by atoms with Gasteiger partial charge in [-0.1, -0.05) is 35.9 Å². The van der Waals surface area contributed by atoms with E-state index in [0.717, 1.165) is 27.7 Å². The molecule has 0 radical (unpaired) electrons. The number of hydrogen-bond acceptors (Lipinski definition) is 4. The molecule has 0 heterocycles. The van der Waals surface area contributed by atoms with Gasteiger partial charge in [-0.15, -0.1) is 0 Å². The maximum Gasteiger partial charge on any atom is 0.292 e. The molecule has 20 heavy (non-hydrogen) atoms. The van der Waals surface area contributed by atoms with E-state index in [0.29, 0.717) is 0 Å². The van der Waals surface area contributed by atoms with Crippen LogP contribution >= 0.6 is 23.4 Å². The fraction of sp³-hybridized carbons (Fsp3) is 0.143. The standard InChI is InChI=1S/C14H13ClN2O2S/c15-12-4-2-1-3-11(12)9-20-8-10-5-6-14(17(18)19)13(16)7-10/h1-7H,8-9,16H2. The Balaban J connectivity index is 1.97. The van der Waals surface area contributed by atoms with E-state index in [1.165, 1.54) is 6.07 Å². The van der Waals surface area contributed by atoms with Gasteiger partial charge in [0.2, 0.25) is 0 Å². The van der Waals surface area contributed by atoms with Crippen LogP contribution in [0.15, 0.2) is 42.5 Å². The zero-order chi connectivity index (χ0) is 14.5. The average Bonchev–Trinajstić information content (AvgIpc) is 2.40. The molecule has 0 saturated heterocycles. The van der Waals surface area contributed by atoms with Crippen molar-refractivity contribution in [3.05, 3.63) is 68.7 Å². The first-order valence-electron chi connectivity index (χ1n) is 5.92. The van der Waals surface area contributed by atoms with Crippen molar-refractivity contribution in [1.82, 2.24) is 0 Å². The fourth-order valence-electron chi connectivity index (χ4n) is 1.75. The molecule has 0 amide bonds. The smallest absolute Gasteiger partial charge is 0.292 e. The first-order chi connectivity index (χ1) is 9.58. The number of thioether (sulfide) groups is 1. The van der Waals surface area contributed by atoms with Gasteiger partial charge in [-0.05, 0) is 23.3 Å². The van der Waals surface area contributed by atoms with Crippen LogP contribution < -0.4 is 5.73 Å². The Kier molecular flexibility index (Phi) is 4.87. The van der Waals surface area contributed by atoms with E-state index in [1.54, 1.807) is 23.9 Å². The van der Waals surface area contributed by atoms with Gasteiger partial charge in [-0.3, -0.25) is 10.1 Å². The molecule has 0 aliphatic carbocycles. The molecule has 0 aromatic heterocycles. The normalized spacial score (nSPS) is 10.4. The molecule has 0 aliphatic heterocycles. The minimum absolute atomic E-state index is 0.0511. The maximum atomic E-state index is 10.7. The highest BCUT2D eigenvalue weighted by atomic mass is 35.5. The highest BCUT2D eigenvalue weighted by Crippen LogP contribution is 2.27. The Labute approximate surface area is 126 Å². The molecule has 2 rings (SSSR count). The number of nitro benzene ring substituents is 1. The van der Waals surface area contributed by atoms with Gasteiger partial charge in [-0.2, -0.15) is 11.8 Å². The third-order valence-corrected chi connectivity index (χ3v) is 4.19. The Hall–Kier alpha value is -1.72. The summed E-state index contributed by atoms with van der Waals surface area (Å²) in [5, 5.41) is 11.4. The van der Waals surface area contributed by atoms with Gasteiger partial charge < -0.3 is 5.73 Å². The minimum atomic E-state index is -0.476. The summed E-state index contributed by atoms with van der Waals surface area (Å²) in [7, 11) is 0. The molecule has 4 nitrogen and oxygen atoms in total. The van der Waals surface area contributed by atoms with Crippen LogP contribution in [0.1, 0.15) is 11.1 Å². The number of anilines is 1. The summed E-state index contributed by atoms with van der Waals surface area (Å²) >= 11 is 7.77. The van der Waals surface area contributed by atoms with E-state index >= 15 is 0 Å². The number of nitrogen functional groups attached to an aromatic ring is 1. The van der Waals surface area contributed by atoms with Crippen molar-refractivity contribution in [3.63, 3.8) is 0 Å². The molecule has 2 aromatic carbocycles. The van der Waals surface area contributed by atoms with Crippen LogP contribution in [0.5, 0.6) is 0 Å². The zero-order valence-corrected chi connectivity index (χ0v) is 12.2. The summed E-state index contributed by atoms with van der Waals surface area (Å²) < 4.78 is 0. The topological polar surface area (TPSA) is 69.2 Å². The first kappa shape index (κ1) is 14.7. The number of rotatable bonds is 5. The molecule has 2 N–H and O–H groups in total. The lowest BCUT2D eigenvalue weighted by Crippen LogP contribution is -1.96. The summed E-state index contributed by atoms with van der Waals surface area (Å²) in [5.41, 5.74) is 7.85. The molecule has 104 valence electrons. The van der Waals surface area contributed by atoms with Crippen LogP contribution in [-0.2, 0) is 11.5 Å². The quantitative estimate of drug-likeness (QED) is 0.509. The Morgan fingerprint density at radius 2 is 1.95 bits per heavy atom. The van der Waals surface area contributed by atoms with E-state index in [2.05, 4.69) is 0 Å². The first-order valence-corrected chi connectivity index (χ1v) is 7.45. The van der Waals surface area contributed by atoms with Crippen molar-refractivity contribution < 1.29 is 4.92 Å². The molecule has 2 aromatic rings. The molecule has 0 fully saturated rings. The number of halogens is 1. The maximum absolute atomic E-state index is 10.7. The molecule has 0 atom stereocenters. The monoisotopic (exact) mass is 308 g/mol. The van der Waals surface area contributed by atoms with Crippen LogP contribution in [0.4, 0.5) is 11.4 Å². The van der Waals surface area contributed by atoms with Crippen molar-refractivity contribution in [2.24, 2.45) is 0 Å². The number of benzene rings is 2. The van der Waals surface area contributed by atoms with E-state index in [9.17, 15) is 10.1 Å². The van der Waals surface area contributed by atoms with E-state index in [4.69, 9.17) is 17.3 Å². The Morgan fingerprint density at radius 3 is 2.60 bits per heavy atom. The summed E-state index contributed by atoms with van der Waals surface area (Å²) in [5.74, 6) is 1.52. The second-order valence-electron chi connectivity index (χ2n) is 4.23. The molecule has 0 bridgehead atoms. The van der Waals surface area contributed by atoms with E-state index in [-0.39, 0.29) is 11.4 Å². The number of nitrogens with two attached hydrogens (primary N) is 1. The van der Waals surface area contributed by atoms with Crippen molar-refractivity contribution in [2.75, 3.05) is 5.73 Å². The Bertz CT molecular complexity index is 634. The minimum Gasteiger partial charge on any atom is -0.393 e. The molecule has 0 unspecified atom stereocenters. The summed E-state index contributed by atoms with van der Waals surface area (Å²) in [6, 6.07) is 12.5. The van der Waals surface area contributed by atoms with E-state index < -0.39 is 4.92 Å². The third-order valence-electron chi connectivity index (χ3n) is 2.77. The van der Waals surface area contributed by atoms with Crippen molar-refractivity contribution in [1.29, 1.82) is 0 Å². The summed E-state index contributed by atoms with van der Waals surface area (Å²) in [4.78, 5) is 10.2. The van der Waals surface area contributed by atoms with Gasteiger partial charge in [0.1, 0.15) is 5.69 Å². The highest BCUT2D eigenvalue weighted by molar-refractivity contribution is 7.97. The number of nitro groups is 1. The van der Waals surface area contributed by atoms with Gasteiger partial charge in [0.15, 0.2) is 0 Å². The predicted octanol–water partition coefficient (Wildman–Crippen LogP) is 4.26. The predicted molar refractivity (Wildman–Crippen MR) is 84.0 cm³/mol. The second-order valence-corrected chi connectivity index (χ2v) is 5.63. The Morgan fingerprint density at radius 1 is 1.20 bits per heavy atom. The van der Waals surface area contributed by atoms with E-state index in [1.807, 2.05) is 24.3 Å². The summed E-state index contributed by atoms with van der Waals surface area (Å²) in [6.07, 6.45) is 0. The van der Waals surface area contributed by atoms with Gasteiger partial charge in [0.25, 0.3) is 5.69 Å². The van der Waals surface area contributed by atoms with Crippen LogP contribution in [0.2, 0.25) is 5.02 Å². The van der Waals surface area contributed by atoms with Crippen molar-refractivity contribution >= 4 is 34.7 Å². The number of hydrogen-bond donors (Lipinski definition) is 1. The van der Waals surface area contributed by atoms with Crippen LogP contribution in [0.25, 0.3) is 0 Å². The molecule has 6 heteroatoms. The summed E-state index contributed by atoms with van der Waals surface area (Å²) in [6.45, 7) is 0. The fourth-order valence-corrected chi connectivity index (χ4v) is 3.03. The lowest BCUT2D eigenvalue weighted by atomic mass is 10.2. The SMILES string of the molecule is Nc1cc(CSCc2ccccc2Cl)ccc1[N+](=O)[O-]. The molecule has 0 saturated carbocycles. The van der Waals surface area contributed by atoms with Crippen LogP contribution in [0, 0.1) is 10.1 Å². The van der Waals surface area contributed by atoms with Crippen LogP contribution in [-0.4, -0.2) is 4.92 Å². The molecular weight excluding hydrogens is 296 g/mol. The molecular formula is C14H13ClN2O2S. The van der Waals surface area contributed by atoms with Gasteiger partial charge in [0, 0.05) is 22.6 Å². The van der Waals surface area contributed by atoms with Crippen molar-refractivity contribution in [3.8, 4) is 0 Å². The van der Waals surface area contributed by atoms with Crippen molar-refractivity contribution in [2.45, 2.75) is 11.5 Å². The van der Waals surface area contributed by atoms with Gasteiger partial charge in [0.05, 0.1) is 4.92 Å². The van der Waals surface area contributed by atoms with Gasteiger partial charge >= 0.3 is 0 Å².